The lowest BCUT2D eigenvalue weighted by atomic mass is 9.92. The maximum absolute atomic E-state index is 12.5. The summed E-state index contributed by atoms with van der Waals surface area (Å²) in [4.78, 5) is 18.1. The van der Waals surface area contributed by atoms with Crippen molar-refractivity contribution in [2.24, 2.45) is 0 Å². The molecule has 122 valence electrons. The van der Waals surface area contributed by atoms with Gasteiger partial charge >= 0.3 is 0 Å². The highest BCUT2D eigenvalue weighted by atomic mass is 35.5. The lowest BCUT2D eigenvalue weighted by molar-refractivity contribution is 0.0153. The van der Waals surface area contributed by atoms with Gasteiger partial charge in [0.25, 0.3) is 5.91 Å². The number of halogens is 1. The van der Waals surface area contributed by atoms with Crippen molar-refractivity contribution in [2.45, 2.75) is 18.4 Å². The highest BCUT2D eigenvalue weighted by Crippen LogP contribution is 2.22. The summed E-state index contributed by atoms with van der Waals surface area (Å²) in [5, 5.41) is 11.4. The van der Waals surface area contributed by atoms with E-state index in [0.717, 1.165) is 5.56 Å². The van der Waals surface area contributed by atoms with E-state index < -0.39 is 5.60 Å². The molecule has 2 heterocycles. The molecule has 1 aliphatic rings. The van der Waals surface area contributed by atoms with Crippen molar-refractivity contribution >= 4 is 17.5 Å². The number of benzene rings is 1. The fraction of sp³-hybridized carbons (Fsp3) is 0.263. The number of rotatable bonds is 1. The fourth-order valence-electron chi connectivity index (χ4n) is 2.74. The number of carbonyl (C=O) groups is 1. The molecule has 1 atom stereocenters. The number of amides is 1. The number of likely N-dealkylation sites (tertiary alicyclic amines) is 1. The summed E-state index contributed by atoms with van der Waals surface area (Å²) in [5.41, 5.74) is 0.106. The molecule has 1 aromatic heterocycles. The van der Waals surface area contributed by atoms with Crippen molar-refractivity contribution in [1.82, 2.24) is 9.88 Å². The van der Waals surface area contributed by atoms with E-state index in [0.29, 0.717) is 30.0 Å². The van der Waals surface area contributed by atoms with Crippen LogP contribution in [0.3, 0.4) is 0 Å². The Morgan fingerprint density at radius 3 is 2.83 bits per heavy atom. The first kappa shape index (κ1) is 16.5. The third-order valence-corrected chi connectivity index (χ3v) is 4.18. The monoisotopic (exact) mass is 340 g/mol. The first-order valence-electron chi connectivity index (χ1n) is 7.76. The molecule has 3 rings (SSSR count). The second-order valence-electron chi connectivity index (χ2n) is 5.86. The van der Waals surface area contributed by atoms with Gasteiger partial charge in [0.1, 0.15) is 5.60 Å². The Morgan fingerprint density at radius 1 is 1.29 bits per heavy atom. The van der Waals surface area contributed by atoms with Crippen LogP contribution in [0.15, 0.2) is 48.8 Å². The van der Waals surface area contributed by atoms with Gasteiger partial charge < -0.3 is 10.0 Å². The molecule has 2 aromatic rings. The number of hydrogen-bond donors (Lipinski definition) is 1. The SMILES string of the molecule is O=C(c1ccncc1)N1CCCC(O)(C#Cc2cccc(Cl)c2)C1. The highest BCUT2D eigenvalue weighted by Gasteiger charge is 2.34. The summed E-state index contributed by atoms with van der Waals surface area (Å²) < 4.78 is 0. The first-order valence-corrected chi connectivity index (χ1v) is 8.14. The van der Waals surface area contributed by atoms with Crippen molar-refractivity contribution in [3.8, 4) is 11.8 Å². The molecule has 1 amide bonds. The van der Waals surface area contributed by atoms with Crippen molar-refractivity contribution < 1.29 is 9.90 Å². The molecule has 1 N–H and O–H groups in total. The maximum Gasteiger partial charge on any atom is 0.254 e. The van der Waals surface area contributed by atoms with Crippen molar-refractivity contribution in [3.05, 3.63) is 64.9 Å². The molecule has 1 aliphatic heterocycles. The molecule has 1 aromatic carbocycles. The second kappa shape index (κ2) is 7.04. The van der Waals surface area contributed by atoms with Crippen LogP contribution in [-0.4, -0.2) is 39.6 Å². The normalized spacial score (nSPS) is 20.2. The molecule has 1 unspecified atom stereocenters. The molecule has 0 saturated carbocycles. The van der Waals surface area contributed by atoms with Gasteiger partial charge in [0, 0.05) is 35.1 Å². The van der Waals surface area contributed by atoms with Gasteiger partial charge in [0.15, 0.2) is 0 Å². The molecule has 0 spiro atoms. The Kier molecular flexibility index (Phi) is 4.84. The number of aliphatic hydroxyl groups is 1. The Labute approximate surface area is 146 Å². The van der Waals surface area contributed by atoms with Crippen LogP contribution in [0.1, 0.15) is 28.8 Å². The molecule has 1 fully saturated rings. The van der Waals surface area contributed by atoms with E-state index in [4.69, 9.17) is 11.6 Å². The topological polar surface area (TPSA) is 53.4 Å². The van der Waals surface area contributed by atoms with Gasteiger partial charge in [0.05, 0.1) is 6.54 Å². The van der Waals surface area contributed by atoms with Crippen LogP contribution in [0.5, 0.6) is 0 Å². The largest absolute Gasteiger partial charge is 0.376 e. The van der Waals surface area contributed by atoms with Crippen LogP contribution in [0, 0.1) is 11.8 Å². The molecule has 0 aliphatic carbocycles. The Hall–Kier alpha value is -2.35. The number of aromatic nitrogens is 1. The molecule has 0 bridgehead atoms. The van der Waals surface area contributed by atoms with E-state index >= 15 is 0 Å². The van der Waals surface area contributed by atoms with E-state index in [9.17, 15) is 9.90 Å². The summed E-state index contributed by atoms with van der Waals surface area (Å²) in [6.45, 7) is 0.810. The minimum atomic E-state index is -1.21. The molecule has 1 saturated heterocycles. The smallest absolute Gasteiger partial charge is 0.254 e. The Bertz CT molecular complexity index is 798. The minimum absolute atomic E-state index is 0.111. The zero-order chi connectivity index (χ0) is 17.0. The Morgan fingerprint density at radius 2 is 2.08 bits per heavy atom. The number of nitrogens with zero attached hydrogens (tertiary/aromatic N) is 2. The minimum Gasteiger partial charge on any atom is -0.376 e. The molecule has 24 heavy (non-hydrogen) atoms. The summed E-state index contributed by atoms with van der Waals surface area (Å²) in [7, 11) is 0. The first-order chi connectivity index (χ1) is 11.6. The van der Waals surface area contributed by atoms with E-state index in [1.165, 1.54) is 0 Å². The van der Waals surface area contributed by atoms with Gasteiger partial charge in [-0.2, -0.15) is 0 Å². The molecule has 4 nitrogen and oxygen atoms in total. The van der Waals surface area contributed by atoms with Gasteiger partial charge in [-0.05, 0) is 43.2 Å². The average molecular weight is 341 g/mol. The van der Waals surface area contributed by atoms with Crippen LogP contribution in [0.2, 0.25) is 5.02 Å². The Balaban J connectivity index is 1.76. The molecular weight excluding hydrogens is 324 g/mol. The van der Waals surface area contributed by atoms with Crippen LogP contribution in [0.25, 0.3) is 0 Å². The van der Waals surface area contributed by atoms with E-state index in [1.54, 1.807) is 41.6 Å². The molecular formula is C19H17ClN2O2. The zero-order valence-electron chi connectivity index (χ0n) is 13.1. The van der Waals surface area contributed by atoms with Crippen LogP contribution in [-0.2, 0) is 0 Å². The average Bonchev–Trinajstić information content (AvgIpc) is 2.60. The lowest BCUT2D eigenvalue weighted by Crippen LogP contribution is -2.49. The standard InChI is InChI=1S/C19H17ClN2O2/c20-17-4-1-3-15(13-17)5-9-19(24)8-2-12-22(14-19)18(23)16-6-10-21-11-7-16/h1,3-4,6-7,10-11,13,24H,2,8,12,14H2. The van der Waals surface area contributed by atoms with Gasteiger partial charge in [-0.25, -0.2) is 0 Å². The van der Waals surface area contributed by atoms with Crippen molar-refractivity contribution in [2.75, 3.05) is 13.1 Å². The van der Waals surface area contributed by atoms with E-state index in [2.05, 4.69) is 16.8 Å². The quantitative estimate of drug-likeness (QED) is 0.812. The molecule has 5 heteroatoms. The summed E-state index contributed by atoms with van der Waals surface area (Å²) >= 11 is 5.95. The predicted molar refractivity (Wildman–Crippen MR) is 92.7 cm³/mol. The predicted octanol–water partition coefficient (Wildman–Crippen LogP) is 2.75. The van der Waals surface area contributed by atoms with E-state index in [1.807, 2.05) is 12.1 Å². The third-order valence-electron chi connectivity index (χ3n) is 3.95. The number of β-amino-alcohol motifs (C(OH)–C–C–N with tert-alkyl or cyclic N) is 1. The fourth-order valence-corrected chi connectivity index (χ4v) is 2.93. The van der Waals surface area contributed by atoms with Gasteiger partial charge in [-0.15, -0.1) is 0 Å². The molecule has 0 radical (unpaired) electrons. The lowest BCUT2D eigenvalue weighted by Gasteiger charge is -2.36. The maximum atomic E-state index is 12.5. The van der Waals surface area contributed by atoms with Crippen LogP contribution < -0.4 is 0 Å². The number of pyridine rings is 1. The summed E-state index contributed by atoms with van der Waals surface area (Å²) in [6.07, 6.45) is 4.42. The van der Waals surface area contributed by atoms with Crippen LogP contribution >= 0.6 is 11.6 Å². The van der Waals surface area contributed by atoms with Crippen molar-refractivity contribution in [3.63, 3.8) is 0 Å². The summed E-state index contributed by atoms with van der Waals surface area (Å²) in [5.74, 6) is 5.77. The zero-order valence-corrected chi connectivity index (χ0v) is 13.8. The van der Waals surface area contributed by atoms with Crippen molar-refractivity contribution in [1.29, 1.82) is 0 Å². The number of carbonyl (C=O) groups excluding carboxylic acids is 1. The second-order valence-corrected chi connectivity index (χ2v) is 6.29. The summed E-state index contributed by atoms with van der Waals surface area (Å²) in [6, 6.07) is 10.5. The van der Waals surface area contributed by atoms with Gasteiger partial charge in [-0.1, -0.05) is 29.5 Å². The number of hydrogen-bond acceptors (Lipinski definition) is 3. The highest BCUT2D eigenvalue weighted by molar-refractivity contribution is 6.30. The van der Waals surface area contributed by atoms with Gasteiger partial charge in [0.2, 0.25) is 0 Å². The third kappa shape index (κ3) is 3.94. The van der Waals surface area contributed by atoms with Gasteiger partial charge in [-0.3, -0.25) is 9.78 Å². The van der Waals surface area contributed by atoms with E-state index in [-0.39, 0.29) is 12.5 Å². The number of piperidine rings is 1. The van der Waals surface area contributed by atoms with Crippen LogP contribution in [0.4, 0.5) is 0 Å².